The lowest BCUT2D eigenvalue weighted by Crippen LogP contribution is -2.49. The van der Waals surface area contributed by atoms with Crippen molar-refractivity contribution in [2.45, 2.75) is 44.0 Å². The Balaban J connectivity index is 2.19. The van der Waals surface area contributed by atoms with Gasteiger partial charge in [-0.15, -0.1) is 12.6 Å². The molecule has 2 aromatic carbocycles. The molecular weight excluding hydrogens is 432 g/mol. The van der Waals surface area contributed by atoms with Gasteiger partial charge in [0.25, 0.3) is 0 Å². The summed E-state index contributed by atoms with van der Waals surface area (Å²) in [4.78, 5) is 26.4. The summed E-state index contributed by atoms with van der Waals surface area (Å²) in [6.07, 6.45) is 1.58. The average molecular weight is 463 g/mol. The van der Waals surface area contributed by atoms with Gasteiger partial charge in [0.15, 0.2) is 0 Å². The number of rotatable bonds is 10. The van der Waals surface area contributed by atoms with E-state index in [-0.39, 0.29) is 17.7 Å². The zero-order valence-corrected chi connectivity index (χ0v) is 20.1. The summed E-state index contributed by atoms with van der Waals surface area (Å²) < 4.78 is 5.19. The molecule has 0 aliphatic heterocycles. The summed E-state index contributed by atoms with van der Waals surface area (Å²) in [7, 11) is 3.17. The second-order valence-electron chi connectivity index (χ2n) is 8.01. The van der Waals surface area contributed by atoms with E-state index in [0.29, 0.717) is 35.1 Å². The Bertz CT molecular complexity index is 887. The van der Waals surface area contributed by atoms with Crippen molar-refractivity contribution in [3.8, 4) is 5.75 Å². The molecule has 31 heavy (non-hydrogen) atoms. The minimum atomic E-state index is -0.671. The molecule has 0 aliphatic rings. The molecule has 0 bridgehead atoms. The van der Waals surface area contributed by atoms with Crippen molar-refractivity contribution in [3.05, 3.63) is 58.6 Å². The number of carbonyl (C=O) groups excluding carboxylic acids is 2. The van der Waals surface area contributed by atoms with Gasteiger partial charge in [0.1, 0.15) is 11.8 Å². The van der Waals surface area contributed by atoms with Crippen molar-refractivity contribution in [2.75, 3.05) is 14.2 Å². The molecule has 2 amide bonds. The van der Waals surface area contributed by atoms with Crippen molar-refractivity contribution in [1.29, 1.82) is 0 Å². The Morgan fingerprint density at radius 2 is 1.74 bits per heavy atom. The molecule has 0 saturated carbocycles. The van der Waals surface area contributed by atoms with Gasteiger partial charge in [-0.2, -0.15) is 0 Å². The van der Waals surface area contributed by atoms with Gasteiger partial charge in [0, 0.05) is 24.3 Å². The van der Waals surface area contributed by atoms with Crippen LogP contribution >= 0.6 is 24.2 Å². The summed E-state index contributed by atoms with van der Waals surface area (Å²) in [5.41, 5.74) is 1.85. The summed E-state index contributed by atoms with van der Waals surface area (Å²) in [5.74, 6) is 0.379. The minimum absolute atomic E-state index is 0.150. The second kappa shape index (κ2) is 12.0. The lowest BCUT2D eigenvalue weighted by molar-refractivity contribution is -0.131. The first-order chi connectivity index (χ1) is 14.7. The van der Waals surface area contributed by atoms with Gasteiger partial charge in [0.05, 0.1) is 12.1 Å². The smallest absolute Gasteiger partial charge is 0.242 e. The van der Waals surface area contributed by atoms with Gasteiger partial charge in [-0.1, -0.05) is 49.7 Å². The number of benzene rings is 2. The van der Waals surface area contributed by atoms with Crippen LogP contribution in [0.1, 0.15) is 31.4 Å². The minimum Gasteiger partial charge on any atom is -0.497 e. The van der Waals surface area contributed by atoms with Gasteiger partial charge in [-0.3, -0.25) is 9.59 Å². The normalized spacial score (nSPS) is 12.9. The number of amides is 2. The van der Waals surface area contributed by atoms with E-state index in [0.717, 1.165) is 16.9 Å². The van der Waals surface area contributed by atoms with Gasteiger partial charge < -0.3 is 15.4 Å². The van der Waals surface area contributed by atoms with Crippen LogP contribution in [0.2, 0.25) is 5.02 Å². The second-order valence-corrected chi connectivity index (χ2v) is 8.86. The zero-order valence-electron chi connectivity index (χ0n) is 18.4. The van der Waals surface area contributed by atoms with Crippen LogP contribution in [0, 0.1) is 11.8 Å². The van der Waals surface area contributed by atoms with Gasteiger partial charge in [-0.25, -0.2) is 0 Å². The lowest BCUT2D eigenvalue weighted by atomic mass is 9.89. The maximum absolute atomic E-state index is 13.2. The number of hydrogen-bond donors (Lipinski definition) is 3. The molecule has 0 aromatic heterocycles. The third-order valence-corrected chi connectivity index (χ3v) is 6.12. The van der Waals surface area contributed by atoms with Gasteiger partial charge in [-0.05, 0) is 48.1 Å². The molecule has 2 rings (SSSR count). The van der Waals surface area contributed by atoms with Crippen LogP contribution in [0.3, 0.4) is 0 Å². The van der Waals surface area contributed by atoms with E-state index in [1.807, 2.05) is 36.4 Å². The zero-order chi connectivity index (χ0) is 23.0. The van der Waals surface area contributed by atoms with E-state index < -0.39 is 6.04 Å². The van der Waals surface area contributed by atoms with E-state index in [1.165, 1.54) is 0 Å². The SMILES string of the molecule is CNC(=O)[C@H](Cc1ccc(OC)cc1)NC(=O)C(Cc1cccc(Cl)c1S)CC(C)C. The Morgan fingerprint density at radius 3 is 2.32 bits per heavy atom. The van der Waals surface area contributed by atoms with E-state index >= 15 is 0 Å². The molecule has 1 unspecified atom stereocenters. The molecule has 0 aliphatic carbocycles. The number of thiol groups is 1. The molecule has 0 heterocycles. The highest BCUT2D eigenvalue weighted by Crippen LogP contribution is 2.28. The van der Waals surface area contributed by atoms with Gasteiger partial charge >= 0.3 is 0 Å². The van der Waals surface area contributed by atoms with Crippen molar-refractivity contribution >= 4 is 36.0 Å². The largest absolute Gasteiger partial charge is 0.497 e. The number of ether oxygens (including phenoxy) is 1. The molecule has 168 valence electrons. The molecule has 2 N–H and O–H groups in total. The monoisotopic (exact) mass is 462 g/mol. The average Bonchev–Trinajstić information content (AvgIpc) is 2.75. The Morgan fingerprint density at radius 1 is 1.06 bits per heavy atom. The number of likely N-dealkylation sites (N-methyl/N-ethyl adjacent to an activating group) is 1. The predicted octanol–water partition coefficient (Wildman–Crippen LogP) is 4.32. The number of carbonyl (C=O) groups is 2. The highest BCUT2D eigenvalue weighted by molar-refractivity contribution is 7.80. The molecule has 2 atom stereocenters. The van der Waals surface area contributed by atoms with Crippen LogP contribution in [0.5, 0.6) is 5.75 Å². The van der Waals surface area contributed by atoms with Crippen LogP contribution in [0.15, 0.2) is 47.4 Å². The van der Waals surface area contributed by atoms with E-state index in [2.05, 4.69) is 37.1 Å². The first kappa shape index (κ1) is 25.1. The van der Waals surface area contributed by atoms with Crippen molar-refractivity contribution in [1.82, 2.24) is 10.6 Å². The third kappa shape index (κ3) is 7.47. The molecule has 5 nitrogen and oxygen atoms in total. The Hall–Kier alpha value is -2.18. The van der Waals surface area contributed by atoms with Crippen molar-refractivity contribution in [2.24, 2.45) is 11.8 Å². The predicted molar refractivity (Wildman–Crippen MR) is 128 cm³/mol. The number of nitrogens with one attached hydrogen (secondary N) is 2. The van der Waals surface area contributed by atoms with Crippen molar-refractivity contribution < 1.29 is 14.3 Å². The standard InChI is InChI=1S/C24H31ClN2O3S/c1-15(2)12-18(14-17-6-5-7-20(25)22(17)31)23(28)27-21(24(29)26-3)13-16-8-10-19(30-4)11-9-16/h5-11,15,18,21,31H,12-14H2,1-4H3,(H,26,29)(H,27,28)/t18?,21-/m0/s1. The molecule has 0 saturated heterocycles. The number of methoxy groups -OCH3 is 1. The quantitative estimate of drug-likeness (QED) is 0.461. The Labute approximate surface area is 195 Å². The molecule has 0 spiro atoms. The van der Waals surface area contributed by atoms with Crippen LogP contribution in [-0.4, -0.2) is 32.0 Å². The van der Waals surface area contributed by atoms with E-state index in [4.69, 9.17) is 16.3 Å². The van der Waals surface area contributed by atoms with Gasteiger partial charge in [0.2, 0.25) is 11.8 Å². The van der Waals surface area contributed by atoms with Crippen LogP contribution in [0.25, 0.3) is 0 Å². The molecular formula is C24H31ClN2O3S. The van der Waals surface area contributed by atoms with Crippen LogP contribution in [0.4, 0.5) is 0 Å². The Kier molecular flexibility index (Phi) is 9.72. The fourth-order valence-corrected chi connectivity index (χ4v) is 3.95. The van der Waals surface area contributed by atoms with Crippen LogP contribution in [-0.2, 0) is 22.4 Å². The highest BCUT2D eigenvalue weighted by atomic mass is 35.5. The topological polar surface area (TPSA) is 67.4 Å². The van der Waals surface area contributed by atoms with E-state index in [9.17, 15) is 9.59 Å². The number of hydrogen-bond acceptors (Lipinski definition) is 4. The van der Waals surface area contributed by atoms with E-state index in [1.54, 1.807) is 20.2 Å². The highest BCUT2D eigenvalue weighted by Gasteiger charge is 2.27. The molecule has 7 heteroatoms. The molecule has 0 fully saturated rings. The molecule has 2 aromatic rings. The summed E-state index contributed by atoms with van der Waals surface area (Å²) in [5, 5.41) is 6.18. The lowest BCUT2D eigenvalue weighted by Gasteiger charge is -2.24. The third-order valence-electron chi connectivity index (χ3n) is 5.14. The first-order valence-corrected chi connectivity index (χ1v) is 11.2. The van der Waals surface area contributed by atoms with Crippen molar-refractivity contribution in [3.63, 3.8) is 0 Å². The maximum atomic E-state index is 13.2. The summed E-state index contributed by atoms with van der Waals surface area (Å²) in [6, 6.07) is 12.4. The maximum Gasteiger partial charge on any atom is 0.242 e. The molecule has 0 radical (unpaired) electrons. The fourth-order valence-electron chi connectivity index (χ4n) is 3.51. The van der Waals surface area contributed by atoms with Crippen LogP contribution < -0.4 is 15.4 Å². The fraction of sp³-hybridized carbons (Fsp3) is 0.417. The first-order valence-electron chi connectivity index (χ1n) is 10.4. The number of halogens is 1. The summed E-state index contributed by atoms with van der Waals surface area (Å²) in [6.45, 7) is 4.15. The summed E-state index contributed by atoms with van der Waals surface area (Å²) >= 11 is 10.7.